The van der Waals surface area contributed by atoms with Crippen molar-refractivity contribution in [2.24, 2.45) is 5.41 Å². The average Bonchev–Trinajstić information content (AvgIpc) is 3.39. The summed E-state index contributed by atoms with van der Waals surface area (Å²) in [7, 11) is -2.09. The van der Waals surface area contributed by atoms with Crippen LogP contribution in [0.2, 0.25) is 0 Å². The van der Waals surface area contributed by atoms with Gasteiger partial charge in [0.05, 0.1) is 21.7 Å². The molecule has 3 heterocycles. The van der Waals surface area contributed by atoms with Crippen molar-refractivity contribution in [2.75, 3.05) is 13.7 Å². The lowest BCUT2D eigenvalue weighted by molar-refractivity contribution is -0.870. The van der Waals surface area contributed by atoms with E-state index < -0.39 is 33.3 Å². The van der Waals surface area contributed by atoms with E-state index in [1.54, 1.807) is 30.0 Å². The molecule has 7 nitrogen and oxygen atoms in total. The van der Waals surface area contributed by atoms with E-state index in [1.807, 2.05) is 0 Å². The second-order valence-corrected chi connectivity index (χ2v) is 11.3. The lowest BCUT2D eigenvalue weighted by Gasteiger charge is -2.25. The summed E-state index contributed by atoms with van der Waals surface area (Å²) in [6.45, 7) is 1.24. The number of hydrogen-bond acceptors (Lipinski definition) is 5. The summed E-state index contributed by atoms with van der Waals surface area (Å²) in [4.78, 5) is 12.8. The minimum Gasteiger partial charge on any atom is -0.476 e. The first-order valence-electron chi connectivity index (χ1n) is 11.1. The lowest BCUT2D eigenvalue weighted by Crippen LogP contribution is -2.44. The predicted molar refractivity (Wildman–Crippen MR) is 117 cm³/mol. The van der Waals surface area contributed by atoms with Gasteiger partial charge in [-0.3, -0.25) is 0 Å². The molecule has 0 saturated heterocycles. The fourth-order valence-electron chi connectivity index (χ4n) is 4.36. The van der Waals surface area contributed by atoms with Crippen LogP contribution in [0.5, 0.6) is 5.88 Å². The summed E-state index contributed by atoms with van der Waals surface area (Å²) >= 11 is 0. The summed E-state index contributed by atoms with van der Waals surface area (Å²) in [5.41, 5.74) is 0.350. The minimum absolute atomic E-state index is 0.000314. The Morgan fingerprint density at radius 3 is 2.56 bits per heavy atom. The first-order valence-corrected chi connectivity index (χ1v) is 12.6. The van der Waals surface area contributed by atoms with Gasteiger partial charge in [0.2, 0.25) is 5.88 Å². The minimum atomic E-state index is -4.37. The summed E-state index contributed by atoms with van der Waals surface area (Å²) in [6, 6.07) is 5.04. The second kappa shape index (κ2) is 7.86. The number of rotatable bonds is 7. The Balaban J connectivity index is 1.64. The van der Waals surface area contributed by atoms with E-state index in [4.69, 9.17) is 9.57 Å². The highest BCUT2D eigenvalue weighted by Gasteiger charge is 2.64. The second-order valence-electron chi connectivity index (χ2n) is 9.10. The van der Waals surface area contributed by atoms with Crippen LogP contribution in [0.25, 0.3) is 22.2 Å². The molecule has 11 heteroatoms. The third-order valence-electron chi connectivity index (χ3n) is 6.95. The number of hydrogen-bond donors (Lipinski definition) is 1. The van der Waals surface area contributed by atoms with Crippen LogP contribution in [0, 0.1) is 12.3 Å². The van der Waals surface area contributed by atoms with Crippen LogP contribution in [0.3, 0.4) is 0 Å². The summed E-state index contributed by atoms with van der Waals surface area (Å²) in [5, 5.41) is 0.226. The van der Waals surface area contributed by atoms with E-state index in [0.717, 1.165) is 6.42 Å². The van der Waals surface area contributed by atoms with Crippen LogP contribution in [0.1, 0.15) is 37.8 Å². The zero-order chi connectivity index (χ0) is 24.3. The number of nitrogens with zero attached hydrogens (tertiary/aromatic N) is 2. The SMILES string of the molecule is CO[n+]1c(C)cc(-c2cc(S(=O)(=O)C3CCC3)cnc2OCC2(C(F)(F)F)CC2)c2cc[nH]c21. The van der Waals surface area contributed by atoms with Crippen molar-refractivity contribution >= 4 is 20.9 Å². The van der Waals surface area contributed by atoms with Crippen molar-refractivity contribution in [3.8, 4) is 17.0 Å². The smallest absolute Gasteiger partial charge is 0.397 e. The zero-order valence-electron chi connectivity index (χ0n) is 18.8. The number of aromatic nitrogens is 3. The van der Waals surface area contributed by atoms with Crippen LogP contribution in [-0.4, -0.2) is 43.5 Å². The van der Waals surface area contributed by atoms with Crippen molar-refractivity contribution in [2.45, 2.75) is 55.3 Å². The van der Waals surface area contributed by atoms with Gasteiger partial charge < -0.3 is 9.57 Å². The Kier molecular flexibility index (Phi) is 5.30. The zero-order valence-corrected chi connectivity index (χ0v) is 19.6. The Morgan fingerprint density at radius 2 is 1.97 bits per heavy atom. The van der Waals surface area contributed by atoms with Crippen LogP contribution < -0.4 is 14.3 Å². The number of H-pyrrole nitrogens is 1. The van der Waals surface area contributed by atoms with E-state index in [1.165, 1.54) is 19.4 Å². The average molecular weight is 497 g/mol. The Hall–Kier alpha value is -2.82. The monoisotopic (exact) mass is 496 g/mol. The van der Waals surface area contributed by atoms with Gasteiger partial charge in [-0.15, -0.1) is 0 Å². The molecule has 2 saturated carbocycles. The normalized spacial score (nSPS) is 18.0. The van der Waals surface area contributed by atoms with E-state index in [-0.39, 0.29) is 23.6 Å². The molecule has 2 fully saturated rings. The molecule has 34 heavy (non-hydrogen) atoms. The number of fused-ring (bicyclic) bond motifs is 1. The highest BCUT2D eigenvalue weighted by molar-refractivity contribution is 7.92. The van der Waals surface area contributed by atoms with Gasteiger partial charge in [0.1, 0.15) is 24.8 Å². The summed E-state index contributed by atoms with van der Waals surface area (Å²) < 4.78 is 73.9. The maximum atomic E-state index is 13.5. The molecule has 5 rings (SSSR count). The van der Waals surface area contributed by atoms with Crippen molar-refractivity contribution in [1.82, 2.24) is 9.97 Å². The maximum absolute atomic E-state index is 13.5. The van der Waals surface area contributed by atoms with Crippen molar-refractivity contribution in [1.29, 1.82) is 0 Å². The number of aromatic amines is 1. The number of alkyl halides is 3. The molecule has 0 amide bonds. The quantitative estimate of drug-likeness (QED) is 0.501. The van der Waals surface area contributed by atoms with Gasteiger partial charge in [-0.05, 0) is 48.6 Å². The molecule has 1 N–H and O–H groups in total. The van der Waals surface area contributed by atoms with Crippen molar-refractivity contribution in [3.63, 3.8) is 0 Å². The molecule has 0 unspecified atom stereocenters. The molecule has 2 aliphatic carbocycles. The van der Waals surface area contributed by atoms with Gasteiger partial charge in [0.25, 0.3) is 0 Å². The largest absolute Gasteiger partial charge is 0.476 e. The molecule has 0 aromatic carbocycles. The van der Waals surface area contributed by atoms with Crippen LogP contribution in [-0.2, 0) is 9.84 Å². The van der Waals surface area contributed by atoms with E-state index in [2.05, 4.69) is 9.97 Å². The molecular formula is C23H25F3N3O4S+. The number of aryl methyl sites for hydroxylation is 1. The van der Waals surface area contributed by atoms with Crippen molar-refractivity contribution < 1.29 is 35.9 Å². The third-order valence-corrected chi connectivity index (χ3v) is 9.18. The molecule has 0 aliphatic heterocycles. The van der Waals surface area contributed by atoms with Gasteiger partial charge in [0, 0.05) is 24.2 Å². The Bertz CT molecular complexity index is 1360. The van der Waals surface area contributed by atoms with Crippen LogP contribution >= 0.6 is 0 Å². The molecule has 0 bridgehead atoms. The number of sulfone groups is 1. The Labute approximate surface area is 194 Å². The number of halogens is 3. The molecule has 3 aromatic heterocycles. The highest BCUT2D eigenvalue weighted by atomic mass is 32.2. The fraction of sp³-hybridized carbons (Fsp3) is 0.478. The Morgan fingerprint density at radius 1 is 1.24 bits per heavy atom. The molecule has 0 spiro atoms. The summed E-state index contributed by atoms with van der Waals surface area (Å²) in [6.07, 6.45) is 0.551. The molecule has 0 radical (unpaired) electrons. The highest BCUT2D eigenvalue weighted by Crippen LogP contribution is 2.57. The van der Waals surface area contributed by atoms with Crippen molar-refractivity contribution in [3.05, 3.63) is 36.3 Å². The maximum Gasteiger partial charge on any atom is 0.397 e. The topological polar surface area (TPSA) is 85.2 Å². The fourth-order valence-corrected chi connectivity index (χ4v) is 6.18. The number of pyridine rings is 2. The molecule has 182 valence electrons. The van der Waals surface area contributed by atoms with Gasteiger partial charge in [-0.25, -0.2) is 18.4 Å². The third kappa shape index (κ3) is 3.60. The first kappa shape index (κ1) is 22.9. The molecule has 3 aromatic rings. The summed E-state index contributed by atoms with van der Waals surface area (Å²) in [5.74, 6) is -0.0276. The van der Waals surface area contributed by atoms with E-state index >= 15 is 0 Å². The molecule has 0 atom stereocenters. The molecular weight excluding hydrogens is 471 g/mol. The van der Waals surface area contributed by atoms with Gasteiger partial charge in [0.15, 0.2) is 9.84 Å². The van der Waals surface area contributed by atoms with Gasteiger partial charge in [-0.1, -0.05) is 6.42 Å². The standard InChI is InChI=1S/C23H24F3N3O4S/c1-14-10-18(17-6-9-27-20(17)29(14)32-2)19-11-16(34(30,31)15-4-3-5-15)12-28-21(19)33-13-22(7-8-22)23(24,25)26/h6,9-12,15H,3-5,7-8,13H2,1-2H3/p+1. The van der Waals surface area contributed by atoms with E-state index in [0.29, 0.717) is 40.7 Å². The lowest BCUT2D eigenvalue weighted by atomic mass is 10.00. The molecule has 2 aliphatic rings. The number of ether oxygens (including phenoxy) is 1. The van der Waals surface area contributed by atoms with Gasteiger partial charge in [-0.2, -0.15) is 13.2 Å². The van der Waals surface area contributed by atoms with Crippen LogP contribution in [0.15, 0.2) is 35.5 Å². The number of nitrogens with one attached hydrogen (secondary N) is 1. The van der Waals surface area contributed by atoms with E-state index in [9.17, 15) is 21.6 Å². The van der Waals surface area contributed by atoms with Crippen LogP contribution in [0.4, 0.5) is 13.2 Å². The predicted octanol–water partition coefficient (Wildman–Crippen LogP) is 3.93. The first-order chi connectivity index (χ1) is 16.1. The van der Waals surface area contributed by atoms with Gasteiger partial charge >= 0.3 is 11.8 Å².